The molecule has 124 valence electrons. The van der Waals surface area contributed by atoms with Gasteiger partial charge in [0.05, 0.1) is 11.9 Å². The van der Waals surface area contributed by atoms with Gasteiger partial charge in [-0.1, -0.05) is 53.2 Å². The van der Waals surface area contributed by atoms with Crippen LogP contribution in [0.2, 0.25) is 0 Å². The third-order valence-electron chi connectivity index (χ3n) is 3.46. The van der Waals surface area contributed by atoms with Crippen LogP contribution in [0.3, 0.4) is 0 Å². The van der Waals surface area contributed by atoms with Crippen LogP contribution in [0.5, 0.6) is 0 Å². The third-order valence-corrected chi connectivity index (χ3v) is 6.83. The highest BCUT2D eigenvalue weighted by Gasteiger charge is 2.19. The van der Waals surface area contributed by atoms with Gasteiger partial charge in [-0.05, 0) is 30.2 Å². The fraction of sp³-hybridized carbons (Fsp3) is 0.118. The van der Waals surface area contributed by atoms with Crippen molar-refractivity contribution in [2.24, 2.45) is 0 Å². The van der Waals surface area contributed by atoms with Crippen LogP contribution in [0.15, 0.2) is 63.4 Å². The van der Waals surface area contributed by atoms with Crippen LogP contribution >= 0.6 is 27.3 Å². The molecule has 1 N–H and O–H groups in total. The summed E-state index contributed by atoms with van der Waals surface area (Å²) in [5.74, 6) is 0. The molecular formula is C17H15BrN2O2S2. The van der Waals surface area contributed by atoms with Crippen molar-refractivity contribution in [1.29, 1.82) is 0 Å². The van der Waals surface area contributed by atoms with Gasteiger partial charge in [0.25, 0.3) is 10.0 Å². The van der Waals surface area contributed by atoms with Gasteiger partial charge < -0.3 is 0 Å². The molecule has 0 atom stereocenters. The van der Waals surface area contributed by atoms with Crippen LogP contribution in [-0.4, -0.2) is 13.4 Å². The molecular weight excluding hydrogens is 408 g/mol. The average molecular weight is 423 g/mol. The quantitative estimate of drug-likeness (QED) is 0.633. The van der Waals surface area contributed by atoms with E-state index in [0.717, 1.165) is 33.4 Å². The van der Waals surface area contributed by atoms with Crippen LogP contribution in [0.1, 0.15) is 12.5 Å². The van der Waals surface area contributed by atoms with Crippen LogP contribution in [-0.2, 0) is 16.4 Å². The normalized spacial score (nSPS) is 11.4. The Balaban J connectivity index is 1.91. The van der Waals surface area contributed by atoms with Crippen LogP contribution in [0.4, 0.5) is 5.69 Å². The molecule has 3 rings (SSSR count). The average Bonchev–Trinajstić information content (AvgIpc) is 3.08. The molecule has 0 fully saturated rings. The number of hydrogen-bond donors (Lipinski definition) is 1. The number of rotatable bonds is 5. The number of aryl methyl sites for hydroxylation is 1. The lowest BCUT2D eigenvalue weighted by atomic mass is 10.1. The van der Waals surface area contributed by atoms with E-state index in [9.17, 15) is 8.42 Å². The van der Waals surface area contributed by atoms with Crippen molar-refractivity contribution in [3.8, 4) is 10.6 Å². The minimum atomic E-state index is -3.66. The van der Waals surface area contributed by atoms with Crippen molar-refractivity contribution >= 4 is 43.0 Å². The Morgan fingerprint density at radius 1 is 1.17 bits per heavy atom. The molecule has 0 spiro atoms. The van der Waals surface area contributed by atoms with Gasteiger partial charge >= 0.3 is 0 Å². The van der Waals surface area contributed by atoms with Crippen molar-refractivity contribution in [3.05, 3.63) is 64.8 Å². The molecule has 7 heteroatoms. The fourth-order valence-corrected chi connectivity index (χ4v) is 4.89. The van der Waals surface area contributed by atoms with Gasteiger partial charge in [0.15, 0.2) is 4.21 Å². The van der Waals surface area contributed by atoms with Crippen molar-refractivity contribution in [1.82, 2.24) is 4.98 Å². The van der Waals surface area contributed by atoms with Crippen molar-refractivity contribution in [2.45, 2.75) is 17.6 Å². The van der Waals surface area contributed by atoms with Crippen molar-refractivity contribution in [2.75, 3.05) is 4.72 Å². The Labute approximate surface area is 153 Å². The minimum Gasteiger partial charge on any atom is -0.279 e. The molecule has 0 saturated heterocycles. The summed E-state index contributed by atoms with van der Waals surface area (Å²) < 4.78 is 29.1. The molecule has 4 nitrogen and oxygen atoms in total. The van der Waals surface area contributed by atoms with E-state index in [4.69, 9.17) is 0 Å². The van der Waals surface area contributed by atoms with E-state index < -0.39 is 10.0 Å². The molecule has 0 amide bonds. The van der Waals surface area contributed by atoms with E-state index in [2.05, 4.69) is 25.6 Å². The first-order valence-electron chi connectivity index (χ1n) is 7.32. The lowest BCUT2D eigenvalue weighted by molar-refractivity contribution is 0.603. The van der Waals surface area contributed by atoms with Crippen LogP contribution in [0, 0.1) is 0 Å². The summed E-state index contributed by atoms with van der Waals surface area (Å²) in [6.07, 6.45) is 2.13. The fourth-order valence-electron chi connectivity index (χ4n) is 2.25. The molecule has 3 aromatic rings. The molecule has 0 bridgehead atoms. The molecule has 0 aliphatic rings. The van der Waals surface area contributed by atoms with E-state index in [1.54, 1.807) is 6.07 Å². The Bertz CT molecular complexity index is 954. The first-order valence-corrected chi connectivity index (χ1v) is 10.4. The summed E-state index contributed by atoms with van der Waals surface area (Å²) in [4.78, 5) is 4.24. The maximum atomic E-state index is 12.6. The topological polar surface area (TPSA) is 59.1 Å². The number of anilines is 1. The molecule has 0 unspecified atom stereocenters. The molecule has 24 heavy (non-hydrogen) atoms. The highest BCUT2D eigenvalue weighted by molar-refractivity contribution is 9.10. The van der Waals surface area contributed by atoms with Crippen LogP contribution in [0.25, 0.3) is 10.6 Å². The van der Waals surface area contributed by atoms with Gasteiger partial charge in [-0.15, -0.1) is 11.3 Å². The number of aromatic nitrogens is 1. The summed E-state index contributed by atoms with van der Waals surface area (Å²) in [5.41, 5.74) is 2.43. The van der Waals surface area contributed by atoms with Gasteiger partial charge in [0, 0.05) is 10.0 Å². The minimum absolute atomic E-state index is 0.200. The molecule has 0 aliphatic carbocycles. The summed E-state index contributed by atoms with van der Waals surface area (Å²) >= 11 is 4.56. The number of hydrogen-bond acceptors (Lipinski definition) is 4. The van der Waals surface area contributed by atoms with Crippen molar-refractivity contribution < 1.29 is 8.42 Å². The van der Waals surface area contributed by atoms with Gasteiger partial charge in [-0.3, -0.25) is 4.72 Å². The first-order chi connectivity index (χ1) is 11.5. The Morgan fingerprint density at radius 2 is 1.92 bits per heavy atom. The predicted molar refractivity (Wildman–Crippen MR) is 102 cm³/mol. The predicted octanol–water partition coefficient (Wildman–Crippen LogP) is 4.94. The third kappa shape index (κ3) is 3.68. The zero-order chi connectivity index (χ0) is 17.2. The summed E-state index contributed by atoms with van der Waals surface area (Å²) in [5, 5.41) is 0.683. The second kappa shape index (κ2) is 7.04. The lowest BCUT2D eigenvalue weighted by Crippen LogP contribution is -2.12. The first kappa shape index (κ1) is 17.1. The number of nitrogens with zero attached hydrogens (tertiary/aromatic N) is 1. The van der Waals surface area contributed by atoms with E-state index >= 15 is 0 Å². The monoisotopic (exact) mass is 422 g/mol. The molecule has 1 heterocycles. The molecule has 2 aromatic carbocycles. The largest absolute Gasteiger partial charge is 0.279 e. The SMILES string of the molecule is CCc1cc(Br)ccc1NS(=O)(=O)c1cnc(-c2ccccc2)s1. The molecule has 0 aliphatic heterocycles. The smallest absolute Gasteiger partial charge is 0.273 e. The van der Waals surface area contributed by atoms with E-state index in [1.807, 2.05) is 49.4 Å². The van der Waals surface area contributed by atoms with E-state index in [0.29, 0.717) is 10.7 Å². The molecule has 1 aromatic heterocycles. The number of thiazole rings is 1. The number of nitrogens with one attached hydrogen (secondary N) is 1. The highest BCUT2D eigenvalue weighted by Crippen LogP contribution is 2.30. The zero-order valence-electron chi connectivity index (χ0n) is 12.9. The van der Waals surface area contributed by atoms with Gasteiger partial charge in [-0.25, -0.2) is 13.4 Å². The maximum absolute atomic E-state index is 12.6. The second-order valence-electron chi connectivity index (χ2n) is 5.11. The summed E-state index contributed by atoms with van der Waals surface area (Å²) in [7, 11) is -3.66. The molecule has 0 radical (unpaired) electrons. The maximum Gasteiger partial charge on any atom is 0.273 e. The summed E-state index contributed by atoms with van der Waals surface area (Å²) in [6, 6.07) is 15.0. The second-order valence-corrected chi connectivity index (χ2v) is 8.97. The standard InChI is InChI=1S/C17H15BrN2O2S2/c1-2-12-10-14(18)8-9-15(12)20-24(21,22)16-11-19-17(23-16)13-6-4-3-5-7-13/h3-11,20H,2H2,1H3. The van der Waals surface area contributed by atoms with Gasteiger partial charge in [0.2, 0.25) is 0 Å². The van der Waals surface area contributed by atoms with Crippen LogP contribution < -0.4 is 4.72 Å². The Hall–Kier alpha value is -1.70. The summed E-state index contributed by atoms with van der Waals surface area (Å²) in [6.45, 7) is 1.99. The molecule has 0 saturated carbocycles. The van der Waals surface area contributed by atoms with Gasteiger partial charge in [-0.2, -0.15) is 0 Å². The number of sulfonamides is 1. The van der Waals surface area contributed by atoms with E-state index in [-0.39, 0.29) is 4.21 Å². The highest BCUT2D eigenvalue weighted by atomic mass is 79.9. The Kier molecular flexibility index (Phi) is 5.03. The van der Waals surface area contributed by atoms with E-state index in [1.165, 1.54) is 6.20 Å². The number of benzene rings is 2. The lowest BCUT2D eigenvalue weighted by Gasteiger charge is -2.10. The van der Waals surface area contributed by atoms with Gasteiger partial charge in [0.1, 0.15) is 5.01 Å². The zero-order valence-corrected chi connectivity index (χ0v) is 16.1. The Morgan fingerprint density at radius 3 is 2.62 bits per heavy atom. The van der Waals surface area contributed by atoms with Crippen molar-refractivity contribution in [3.63, 3.8) is 0 Å². The number of halogens is 1.